The van der Waals surface area contributed by atoms with Crippen molar-refractivity contribution in [1.29, 1.82) is 0 Å². The largest absolute Gasteiger partial charge is 0.481 e. The molecular formula is C12H12FN3O2S. The fourth-order valence-corrected chi connectivity index (χ4v) is 2.25. The molecule has 1 aromatic carbocycles. The number of aromatic nitrogens is 3. The van der Waals surface area contributed by atoms with Gasteiger partial charge in [0.25, 0.3) is 0 Å². The summed E-state index contributed by atoms with van der Waals surface area (Å²) in [6.07, 6.45) is 0. The highest BCUT2D eigenvalue weighted by atomic mass is 32.2. The molecule has 0 fully saturated rings. The first-order chi connectivity index (χ1) is 9.00. The maximum atomic E-state index is 14.0. The molecule has 100 valence electrons. The van der Waals surface area contributed by atoms with Gasteiger partial charge in [-0.1, -0.05) is 23.9 Å². The Bertz CT molecular complexity index is 627. The van der Waals surface area contributed by atoms with Crippen LogP contribution in [0.2, 0.25) is 0 Å². The number of carbonyl (C=O) groups is 1. The first-order valence-electron chi connectivity index (χ1n) is 5.50. The van der Waals surface area contributed by atoms with E-state index in [4.69, 9.17) is 5.11 Å². The standard InChI is InChI=1S/C12H12FN3O2S/c1-7-4-3-5-8(10(7)13)11-14-15-12(16(11)2)19-6-9(17)18/h3-5H,6H2,1-2H3,(H,17,18). The minimum absolute atomic E-state index is 0.109. The minimum Gasteiger partial charge on any atom is -0.481 e. The Morgan fingerprint density at radius 1 is 1.47 bits per heavy atom. The summed E-state index contributed by atoms with van der Waals surface area (Å²) in [5, 5.41) is 16.9. The van der Waals surface area contributed by atoms with E-state index in [1.165, 1.54) is 0 Å². The van der Waals surface area contributed by atoms with Gasteiger partial charge in [-0.05, 0) is 18.6 Å². The van der Waals surface area contributed by atoms with Crippen molar-refractivity contribution in [1.82, 2.24) is 14.8 Å². The number of thioether (sulfide) groups is 1. The van der Waals surface area contributed by atoms with Crippen LogP contribution in [-0.2, 0) is 11.8 Å². The minimum atomic E-state index is -0.934. The van der Waals surface area contributed by atoms with Gasteiger partial charge < -0.3 is 9.67 Å². The lowest BCUT2D eigenvalue weighted by Gasteiger charge is -2.05. The van der Waals surface area contributed by atoms with Crippen LogP contribution in [-0.4, -0.2) is 31.6 Å². The lowest BCUT2D eigenvalue weighted by atomic mass is 10.1. The summed E-state index contributed by atoms with van der Waals surface area (Å²) in [6.45, 7) is 1.68. The van der Waals surface area contributed by atoms with Crippen molar-refractivity contribution in [2.75, 3.05) is 5.75 Å². The van der Waals surface area contributed by atoms with E-state index in [2.05, 4.69) is 10.2 Å². The Morgan fingerprint density at radius 3 is 2.89 bits per heavy atom. The molecule has 0 atom stereocenters. The zero-order valence-corrected chi connectivity index (χ0v) is 11.2. The van der Waals surface area contributed by atoms with Gasteiger partial charge in [0.05, 0.1) is 11.3 Å². The van der Waals surface area contributed by atoms with Gasteiger partial charge in [-0.25, -0.2) is 4.39 Å². The second-order valence-corrected chi connectivity index (χ2v) is 4.93. The Labute approximate surface area is 113 Å². The highest BCUT2D eigenvalue weighted by Crippen LogP contribution is 2.25. The van der Waals surface area contributed by atoms with Gasteiger partial charge >= 0.3 is 5.97 Å². The van der Waals surface area contributed by atoms with Crippen LogP contribution < -0.4 is 0 Å². The Kier molecular flexibility index (Phi) is 3.84. The van der Waals surface area contributed by atoms with E-state index in [0.717, 1.165) is 11.8 Å². The van der Waals surface area contributed by atoms with Crippen LogP contribution in [0.1, 0.15) is 5.56 Å². The molecule has 0 aliphatic heterocycles. The van der Waals surface area contributed by atoms with Crippen molar-refractivity contribution in [3.8, 4) is 11.4 Å². The topological polar surface area (TPSA) is 68.0 Å². The van der Waals surface area contributed by atoms with E-state index >= 15 is 0 Å². The van der Waals surface area contributed by atoms with E-state index in [1.54, 1.807) is 36.7 Å². The number of nitrogens with zero attached hydrogens (tertiary/aromatic N) is 3. The number of halogens is 1. The summed E-state index contributed by atoms with van der Waals surface area (Å²) in [5.41, 5.74) is 0.886. The number of carboxylic acid groups (broad SMARTS) is 1. The van der Waals surface area contributed by atoms with Crippen molar-refractivity contribution < 1.29 is 14.3 Å². The highest BCUT2D eigenvalue weighted by molar-refractivity contribution is 7.99. The third-order valence-electron chi connectivity index (χ3n) is 2.59. The van der Waals surface area contributed by atoms with E-state index in [-0.39, 0.29) is 11.6 Å². The number of aliphatic carboxylic acids is 1. The number of benzene rings is 1. The van der Waals surface area contributed by atoms with Crippen molar-refractivity contribution >= 4 is 17.7 Å². The fourth-order valence-electron chi connectivity index (χ4n) is 1.62. The van der Waals surface area contributed by atoms with Crippen molar-refractivity contribution in [3.05, 3.63) is 29.6 Å². The maximum absolute atomic E-state index is 14.0. The Hall–Kier alpha value is -1.89. The van der Waals surface area contributed by atoms with Gasteiger partial charge in [-0.2, -0.15) is 0 Å². The number of hydrogen-bond acceptors (Lipinski definition) is 4. The quantitative estimate of drug-likeness (QED) is 0.869. The number of carboxylic acids is 1. The summed E-state index contributed by atoms with van der Waals surface area (Å²) in [7, 11) is 1.68. The molecule has 19 heavy (non-hydrogen) atoms. The molecule has 0 bridgehead atoms. The van der Waals surface area contributed by atoms with Gasteiger partial charge in [0.2, 0.25) is 0 Å². The van der Waals surface area contributed by atoms with Crippen LogP contribution in [0.15, 0.2) is 23.4 Å². The summed E-state index contributed by atoms with van der Waals surface area (Å²) < 4.78 is 15.6. The molecule has 7 heteroatoms. The van der Waals surface area contributed by atoms with Crippen LogP contribution in [0.25, 0.3) is 11.4 Å². The molecule has 5 nitrogen and oxygen atoms in total. The summed E-state index contributed by atoms with van der Waals surface area (Å²) in [5.74, 6) is -0.999. The van der Waals surface area contributed by atoms with E-state index in [9.17, 15) is 9.18 Å². The van der Waals surface area contributed by atoms with Crippen LogP contribution >= 0.6 is 11.8 Å². The average molecular weight is 281 g/mol. The summed E-state index contributed by atoms with van der Waals surface area (Å²) in [6, 6.07) is 5.04. The fraction of sp³-hybridized carbons (Fsp3) is 0.250. The molecule has 0 unspecified atom stereocenters. The molecular weight excluding hydrogens is 269 g/mol. The zero-order valence-electron chi connectivity index (χ0n) is 10.4. The van der Waals surface area contributed by atoms with Crippen LogP contribution in [0.4, 0.5) is 4.39 Å². The third-order valence-corrected chi connectivity index (χ3v) is 3.60. The predicted octanol–water partition coefficient (Wildman–Crippen LogP) is 2.11. The molecule has 0 spiro atoms. The van der Waals surface area contributed by atoms with Gasteiger partial charge in [0.1, 0.15) is 5.82 Å². The number of aryl methyl sites for hydroxylation is 1. The molecule has 2 rings (SSSR count). The van der Waals surface area contributed by atoms with Crippen molar-refractivity contribution in [2.45, 2.75) is 12.1 Å². The molecule has 0 aliphatic rings. The molecule has 1 aromatic heterocycles. The van der Waals surface area contributed by atoms with Gasteiger partial charge in [-0.3, -0.25) is 4.79 Å². The van der Waals surface area contributed by atoms with Gasteiger partial charge in [0, 0.05) is 7.05 Å². The van der Waals surface area contributed by atoms with Crippen molar-refractivity contribution in [2.24, 2.45) is 7.05 Å². The van der Waals surface area contributed by atoms with E-state index in [1.807, 2.05) is 0 Å². The molecule has 0 saturated heterocycles. The molecule has 1 heterocycles. The first-order valence-corrected chi connectivity index (χ1v) is 6.48. The molecule has 0 aliphatic carbocycles. The zero-order chi connectivity index (χ0) is 14.0. The third kappa shape index (κ3) is 2.76. The molecule has 0 radical (unpaired) electrons. The average Bonchev–Trinajstić information content (AvgIpc) is 2.72. The van der Waals surface area contributed by atoms with Crippen LogP contribution in [0.5, 0.6) is 0 Å². The second kappa shape index (κ2) is 5.40. The summed E-state index contributed by atoms with van der Waals surface area (Å²) >= 11 is 1.05. The Balaban J connectivity index is 2.36. The van der Waals surface area contributed by atoms with Crippen LogP contribution in [0, 0.1) is 12.7 Å². The lowest BCUT2D eigenvalue weighted by molar-refractivity contribution is -0.133. The van der Waals surface area contributed by atoms with Gasteiger partial charge in [-0.15, -0.1) is 10.2 Å². The SMILES string of the molecule is Cc1cccc(-c2nnc(SCC(=O)O)n2C)c1F. The molecule has 0 saturated carbocycles. The molecule has 2 aromatic rings. The van der Waals surface area contributed by atoms with Gasteiger partial charge in [0.15, 0.2) is 11.0 Å². The highest BCUT2D eigenvalue weighted by Gasteiger charge is 2.16. The van der Waals surface area contributed by atoms with E-state index in [0.29, 0.717) is 22.1 Å². The number of hydrogen-bond donors (Lipinski definition) is 1. The first kappa shape index (κ1) is 13.5. The monoisotopic (exact) mass is 281 g/mol. The molecule has 1 N–H and O–H groups in total. The smallest absolute Gasteiger partial charge is 0.313 e. The number of rotatable bonds is 4. The maximum Gasteiger partial charge on any atom is 0.313 e. The van der Waals surface area contributed by atoms with E-state index < -0.39 is 5.97 Å². The molecule has 0 amide bonds. The Morgan fingerprint density at radius 2 is 2.21 bits per heavy atom. The van der Waals surface area contributed by atoms with Crippen molar-refractivity contribution in [3.63, 3.8) is 0 Å². The predicted molar refractivity (Wildman–Crippen MR) is 69.5 cm³/mol. The second-order valence-electron chi connectivity index (χ2n) is 3.98. The van der Waals surface area contributed by atoms with Crippen LogP contribution in [0.3, 0.4) is 0 Å². The normalized spacial score (nSPS) is 10.7. The lowest BCUT2D eigenvalue weighted by Crippen LogP contribution is -2.01. The summed E-state index contributed by atoms with van der Waals surface area (Å²) in [4.78, 5) is 10.5.